The van der Waals surface area contributed by atoms with E-state index in [4.69, 9.17) is 21.1 Å². The van der Waals surface area contributed by atoms with Gasteiger partial charge in [-0.25, -0.2) is 0 Å². The van der Waals surface area contributed by atoms with Crippen LogP contribution < -0.4 is 9.47 Å². The van der Waals surface area contributed by atoms with E-state index in [1.54, 1.807) is 20.3 Å². The summed E-state index contributed by atoms with van der Waals surface area (Å²) in [4.78, 5) is 26.9. The lowest BCUT2D eigenvalue weighted by Crippen LogP contribution is -2.31. The fraction of sp³-hybridized carbons (Fsp3) is 0.217. The highest BCUT2D eigenvalue weighted by molar-refractivity contribution is 8.15. The Hall–Kier alpha value is -2.70. The first-order valence-electron chi connectivity index (χ1n) is 9.41. The van der Waals surface area contributed by atoms with Crippen molar-refractivity contribution in [2.24, 2.45) is 0 Å². The molecule has 0 saturated carbocycles. The number of ether oxygens (including phenoxy) is 2. The van der Waals surface area contributed by atoms with Gasteiger partial charge in [-0.15, -0.1) is 0 Å². The third kappa shape index (κ3) is 3.85. The zero-order valence-corrected chi connectivity index (χ0v) is 18.1. The molecule has 4 rings (SSSR count). The van der Waals surface area contributed by atoms with Crippen molar-refractivity contribution in [3.8, 4) is 11.5 Å². The first-order valence-corrected chi connectivity index (χ1v) is 10.7. The van der Waals surface area contributed by atoms with Gasteiger partial charge in [-0.3, -0.25) is 14.5 Å². The Morgan fingerprint density at radius 3 is 2.53 bits per heavy atom. The molecule has 30 heavy (non-hydrogen) atoms. The van der Waals surface area contributed by atoms with Gasteiger partial charge in [0.1, 0.15) is 11.5 Å². The van der Waals surface area contributed by atoms with Crippen molar-refractivity contribution in [1.82, 2.24) is 4.90 Å². The molecule has 1 fully saturated rings. The summed E-state index contributed by atoms with van der Waals surface area (Å²) < 4.78 is 10.9. The molecule has 0 aliphatic carbocycles. The number of carbonyl (C=O) groups excluding carboxylic acids is 2. The summed E-state index contributed by atoms with van der Waals surface area (Å²) in [5, 5.41) is 1.71. The molecule has 2 amide bonds. The van der Waals surface area contributed by atoms with E-state index in [9.17, 15) is 9.59 Å². The van der Waals surface area contributed by atoms with Crippen molar-refractivity contribution >= 4 is 45.3 Å². The molecule has 1 atom stereocenters. The van der Waals surface area contributed by atoms with E-state index in [1.165, 1.54) is 4.90 Å². The summed E-state index contributed by atoms with van der Waals surface area (Å²) in [6.07, 6.45) is 0.377. The summed E-state index contributed by atoms with van der Waals surface area (Å²) in [6.45, 7) is 0.168. The Bertz CT molecular complexity index is 1130. The molecule has 0 aromatic heterocycles. The molecule has 5 nitrogen and oxygen atoms in total. The summed E-state index contributed by atoms with van der Waals surface area (Å²) >= 11 is 7.26. The minimum atomic E-state index is -0.523. The number of carbonyl (C=O) groups is 2. The maximum atomic E-state index is 13.1. The molecule has 154 valence electrons. The van der Waals surface area contributed by atoms with Gasteiger partial charge in [0, 0.05) is 10.6 Å². The number of hydrogen-bond acceptors (Lipinski definition) is 5. The smallest absolute Gasteiger partial charge is 0.289 e. The Morgan fingerprint density at radius 1 is 1.03 bits per heavy atom. The normalized spacial score (nSPS) is 16.4. The average molecular weight is 442 g/mol. The average Bonchev–Trinajstić information content (AvgIpc) is 3.02. The second-order valence-corrected chi connectivity index (χ2v) is 8.49. The number of nitrogens with zero attached hydrogens (tertiary/aromatic N) is 1. The molecule has 3 aromatic carbocycles. The number of thioether (sulfide) groups is 1. The second-order valence-electron chi connectivity index (χ2n) is 6.93. The van der Waals surface area contributed by atoms with Crippen LogP contribution in [0.1, 0.15) is 11.1 Å². The highest BCUT2D eigenvalue weighted by atomic mass is 35.5. The molecular weight excluding hydrogens is 422 g/mol. The number of imide groups is 1. The number of rotatable bonds is 6. The largest absolute Gasteiger partial charge is 0.497 e. The lowest BCUT2D eigenvalue weighted by Gasteiger charge is -2.17. The van der Waals surface area contributed by atoms with Crippen molar-refractivity contribution in [3.05, 3.63) is 70.7 Å². The van der Waals surface area contributed by atoms with Crippen molar-refractivity contribution < 1.29 is 19.1 Å². The summed E-state index contributed by atoms with van der Waals surface area (Å²) in [6, 6.07) is 16.9. The molecule has 1 heterocycles. The van der Waals surface area contributed by atoms with Gasteiger partial charge in [0.15, 0.2) is 0 Å². The first kappa shape index (κ1) is 20.6. The quantitative estimate of drug-likeness (QED) is 0.518. The first-order chi connectivity index (χ1) is 14.5. The van der Waals surface area contributed by atoms with Crippen LogP contribution in [0.3, 0.4) is 0 Å². The predicted molar refractivity (Wildman–Crippen MR) is 120 cm³/mol. The Morgan fingerprint density at radius 2 is 1.80 bits per heavy atom. The number of hydrogen-bond donors (Lipinski definition) is 0. The monoisotopic (exact) mass is 441 g/mol. The fourth-order valence-corrected chi connectivity index (χ4v) is 4.82. The van der Waals surface area contributed by atoms with Crippen LogP contribution in [0.15, 0.2) is 54.6 Å². The Labute approximate surface area is 183 Å². The number of halogens is 1. The Kier molecular flexibility index (Phi) is 5.88. The summed E-state index contributed by atoms with van der Waals surface area (Å²) in [5.41, 5.74) is 1.63. The van der Waals surface area contributed by atoms with Gasteiger partial charge in [-0.05, 0) is 47.0 Å². The van der Waals surface area contributed by atoms with Crippen molar-refractivity contribution in [3.63, 3.8) is 0 Å². The van der Waals surface area contributed by atoms with E-state index in [1.807, 2.05) is 48.5 Å². The van der Waals surface area contributed by atoms with Gasteiger partial charge in [0.2, 0.25) is 5.91 Å². The third-order valence-electron chi connectivity index (χ3n) is 5.20. The molecular formula is C23H20ClNO4S. The summed E-state index contributed by atoms with van der Waals surface area (Å²) in [7, 11) is 3.21. The SMILES string of the molecule is COc1ccc2ccc(OC)c(C[C@@H]3SC(=O)N(Cc4ccccc4Cl)C3=O)c2c1. The van der Waals surface area contributed by atoms with Gasteiger partial charge in [0.05, 0.1) is 26.0 Å². The van der Waals surface area contributed by atoms with Crippen LogP contribution in [0.4, 0.5) is 4.79 Å². The van der Waals surface area contributed by atoms with E-state index in [0.29, 0.717) is 17.2 Å². The maximum Gasteiger partial charge on any atom is 0.289 e. The topological polar surface area (TPSA) is 55.8 Å². The van der Waals surface area contributed by atoms with Gasteiger partial charge < -0.3 is 9.47 Å². The molecule has 0 N–H and O–H groups in total. The number of benzene rings is 3. The standard InChI is InChI=1S/C23H20ClNO4S/c1-28-16-9-7-14-8-10-20(29-2)18(17(14)11-16)12-21-22(26)25(23(27)30-21)13-15-5-3-4-6-19(15)24/h3-11,21H,12-13H2,1-2H3/t21-/m0/s1. The van der Waals surface area contributed by atoms with Crippen LogP contribution in [0.2, 0.25) is 5.02 Å². The van der Waals surface area contributed by atoms with Crippen LogP contribution in [-0.4, -0.2) is 35.5 Å². The number of methoxy groups -OCH3 is 2. The van der Waals surface area contributed by atoms with Crippen LogP contribution in [-0.2, 0) is 17.8 Å². The number of amides is 2. The van der Waals surface area contributed by atoms with Crippen molar-refractivity contribution in [1.29, 1.82) is 0 Å². The molecule has 3 aromatic rings. The molecule has 0 unspecified atom stereocenters. The van der Waals surface area contributed by atoms with E-state index >= 15 is 0 Å². The molecule has 1 saturated heterocycles. The predicted octanol–water partition coefficient (Wildman–Crippen LogP) is 5.32. The second kappa shape index (κ2) is 8.58. The highest BCUT2D eigenvalue weighted by Crippen LogP contribution is 2.37. The lowest BCUT2D eigenvalue weighted by atomic mass is 9.98. The molecule has 0 spiro atoms. The Balaban J connectivity index is 1.64. The van der Waals surface area contributed by atoms with E-state index in [0.717, 1.165) is 39.4 Å². The van der Waals surface area contributed by atoms with Crippen LogP contribution in [0.5, 0.6) is 11.5 Å². The molecule has 1 aliphatic rings. The zero-order chi connectivity index (χ0) is 21.3. The summed E-state index contributed by atoms with van der Waals surface area (Å²) in [5.74, 6) is 1.19. The van der Waals surface area contributed by atoms with Crippen LogP contribution in [0, 0.1) is 0 Å². The lowest BCUT2D eigenvalue weighted by molar-refractivity contribution is -0.127. The van der Waals surface area contributed by atoms with E-state index in [2.05, 4.69) is 0 Å². The van der Waals surface area contributed by atoms with Crippen molar-refractivity contribution in [2.45, 2.75) is 18.2 Å². The molecule has 0 radical (unpaired) electrons. The maximum absolute atomic E-state index is 13.1. The van der Waals surface area contributed by atoms with Crippen molar-refractivity contribution in [2.75, 3.05) is 14.2 Å². The van der Waals surface area contributed by atoms with Crippen LogP contribution >= 0.6 is 23.4 Å². The number of fused-ring (bicyclic) bond motifs is 1. The van der Waals surface area contributed by atoms with Gasteiger partial charge in [-0.1, -0.05) is 53.7 Å². The van der Waals surface area contributed by atoms with E-state index < -0.39 is 5.25 Å². The van der Waals surface area contributed by atoms with Crippen LogP contribution in [0.25, 0.3) is 10.8 Å². The molecule has 7 heteroatoms. The third-order valence-corrected chi connectivity index (χ3v) is 6.64. The van der Waals surface area contributed by atoms with E-state index in [-0.39, 0.29) is 17.7 Å². The minimum absolute atomic E-state index is 0.168. The highest BCUT2D eigenvalue weighted by Gasteiger charge is 2.40. The van der Waals surface area contributed by atoms with Gasteiger partial charge >= 0.3 is 0 Å². The molecule has 0 bridgehead atoms. The fourth-order valence-electron chi connectivity index (χ4n) is 3.62. The van der Waals surface area contributed by atoms with Gasteiger partial charge in [0.25, 0.3) is 5.24 Å². The molecule has 1 aliphatic heterocycles. The minimum Gasteiger partial charge on any atom is -0.497 e. The van der Waals surface area contributed by atoms with Gasteiger partial charge in [-0.2, -0.15) is 0 Å². The zero-order valence-electron chi connectivity index (χ0n) is 16.6.